The highest BCUT2D eigenvalue weighted by atomic mass is 79.9. The van der Waals surface area contributed by atoms with E-state index in [1.807, 2.05) is 13.8 Å². The Morgan fingerprint density at radius 1 is 1.42 bits per heavy atom. The highest BCUT2D eigenvalue weighted by Gasteiger charge is 2.22. The largest absolute Gasteiger partial charge is 0.302 e. The molecule has 1 rings (SSSR count). The van der Waals surface area contributed by atoms with Crippen molar-refractivity contribution in [1.29, 1.82) is 0 Å². The van der Waals surface area contributed by atoms with E-state index in [9.17, 15) is 8.42 Å². The maximum Gasteiger partial charge on any atom is 0.241 e. The molecular formula is C12H21BrN2O2S2. The Morgan fingerprint density at radius 2 is 2.00 bits per heavy atom. The van der Waals surface area contributed by atoms with Crippen LogP contribution in [0, 0.1) is 6.92 Å². The van der Waals surface area contributed by atoms with Crippen LogP contribution in [-0.4, -0.2) is 39.0 Å². The van der Waals surface area contributed by atoms with Crippen LogP contribution < -0.4 is 4.72 Å². The highest BCUT2D eigenvalue weighted by molar-refractivity contribution is 9.11. The number of halogens is 1. The normalized spacial score (nSPS) is 14.0. The number of aryl methyl sites for hydroxylation is 1. The van der Waals surface area contributed by atoms with Crippen molar-refractivity contribution in [3.05, 3.63) is 14.7 Å². The summed E-state index contributed by atoms with van der Waals surface area (Å²) in [6, 6.07) is 1.55. The van der Waals surface area contributed by atoms with Gasteiger partial charge in [-0.3, -0.25) is 0 Å². The zero-order valence-electron chi connectivity index (χ0n) is 11.7. The molecule has 1 aromatic rings. The molecule has 0 aliphatic heterocycles. The van der Waals surface area contributed by atoms with Crippen LogP contribution in [0.4, 0.5) is 0 Å². The molecule has 0 radical (unpaired) electrons. The van der Waals surface area contributed by atoms with E-state index in [0.717, 1.165) is 28.3 Å². The van der Waals surface area contributed by atoms with Gasteiger partial charge in [-0.2, -0.15) is 0 Å². The van der Waals surface area contributed by atoms with Gasteiger partial charge < -0.3 is 4.90 Å². The molecule has 4 nitrogen and oxygen atoms in total. The molecule has 0 aliphatic carbocycles. The van der Waals surface area contributed by atoms with E-state index in [1.165, 1.54) is 11.3 Å². The molecule has 0 saturated heterocycles. The quantitative estimate of drug-likeness (QED) is 0.804. The molecule has 0 amide bonds. The summed E-state index contributed by atoms with van der Waals surface area (Å²) in [4.78, 5) is 3.37. The average molecular weight is 369 g/mol. The molecule has 0 spiro atoms. The van der Waals surface area contributed by atoms with Crippen molar-refractivity contribution in [2.45, 2.75) is 38.6 Å². The number of hydrogen-bond acceptors (Lipinski definition) is 4. The number of sulfonamides is 1. The van der Waals surface area contributed by atoms with Crippen LogP contribution in [0.15, 0.2) is 14.7 Å². The van der Waals surface area contributed by atoms with Crippen LogP contribution in [0.5, 0.6) is 0 Å². The Bertz CT molecular complexity index is 510. The van der Waals surface area contributed by atoms with E-state index < -0.39 is 10.0 Å². The van der Waals surface area contributed by atoms with Gasteiger partial charge in [0.05, 0.1) is 8.68 Å². The van der Waals surface area contributed by atoms with Crippen LogP contribution >= 0.6 is 27.3 Å². The molecule has 0 aromatic carbocycles. The van der Waals surface area contributed by atoms with Crippen LogP contribution in [0.25, 0.3) is 0 Å². The standard InChI is InChI=1S/C12H21BrN2O2S2/c1-5-15(6-2)8-9(3)14-19(16,17)11-7-12(13)18-10(11)4/h7,9,14H,5-6,8H2,1-4H3. The zero-order valence-corrected chi connectivity index (χ0v) is 15.0. The third-order valence-electron chi connectivity index (χ3n) is 2.91. The molecule has 1 atom stereocenters. The molecule has 110 valence electrons. The highest BCUT2D eigenvalue weighted by Crippen LogP contribution is 2.29. The van der Waals surface area contributed by atoms with Crippen molar-refractivity contribution in [2.24, 2.45) is 0 Å². The van der Waals surface area contributed by atoms with Gasteiger partial charge >= 0.3 is 0 Å². The molecule has 1 unspecified atom stereocenters. The molecule has 1 heterocycles. The topological polar surface area (TPSA) is 49.4 Å². The minimum atomic E-state index is -3.43. The van der Waals surface area contributed by atoms with Crippen molar-refractivity contribution in [3.8, 4) is 0 Å². The van der Waals surface area contributed by atoms with E-state index >= 15 is 0 Å². The second-order valence-electron chi connectivity index (χ2n) is 4.48. The maximum atomic E-state index is 12.3. The number of likely N-dealkylation sites (N-methyl/N-ethyl adjacent to an activating group) is 1. The number of nitrogens with one attached hydrogen (secondary N) is 1. The Balaban J connectivity index is 2.77. The Labute approximate surface area is 128 Å². The molecule has 7 heteroatoms. The van der Waals surface area contributed by atoms with E-state index in [0.29, 0.717) is 4.90 Å². The number of rotatable bonds is 7. The van der Waals surface area contributed by atoms with Gasteiger partial charge in [-0.15, -0.1) is 11.3 Å². The summed E-state index contributed by atoms with van der Waals surface area (Å²) >= 11 is 4.76. The smallest absolute Gasteiger partial charge is 0.241 e. The molecule has 0 aliphatic rings. The SMILES string of the molecule is CCN(CC)CC(C)NS(=O)(=O)c1cc(Br)sc1C. The van der Waals surface area contributed by atoms with Crippen molar-refractivity contribution >= 4 is 37.3 Å². The second-order valence-corrected chi connectivity index (χ2v) is 8.80. The van der Waals surface area contributed by atoms with E-state index in [2.05, 4.69) is 39.4 Å². The van der Waals surface area contributed by atoms with Gasteiger partial charge in [0, 0.05) is 17.5 Å². The fourth-order valence-electron chi connectivity index (χ4n) is 1.93. The summed E-state index contributed by atoms with van der Waals surface area (Å²) in [6.07, 6.45) is 0. The van der Waals surface area contributed by atoms with Gasteiger partial charge in [0.25, 0.3) is 0 Å². The zero-order chi connectivity index (χ0) is 14.6. The van der Waals surface area contributed by atoms with Gasteiger partial charge in [-0.25, -0.2) is 13.1 Å². The predicted octanol–water partition coefficient (Wildman–Crippen LogP) is 2.83. The van der Waals surface area contributed by atoms with E-state index in [1.54, 1.807) is 6.07 Å². The van der Waals surface area contributed by atoms with Crippen molar-refractivity contribution < 1.29 is 8.42 Å². The first-order valence-corrected chi connectivity index (χ1v) is 9.40. The minimum absolute atomic E-state index is 0.108. The van der Waals surface area contributed by atoms with Gasteiger partial charge in [0.1, 0.15) is 0 Å². The average Bonchev–Trinajstić information content (AvgIpc) is 2.65. The second kappa shape index (κ2) is 7.17. The Morgan fingerprint density at radius 3 is 2.42 bits per heavy atom. The lowest BCUT2D eigenvalue weighted by atomic mass is 10.3. The summed E-state index contributed by atoms with van der Waals surface area (Å²) in [5.74, 6) is 0. The third kappa shape index (κ3) is 4.82. The first kappa shape index (κ1) is 17.1. The maximum absolute atomic E-state index is 12.3. The van der Waals surface area contributed by atoms with Crippen molar-refractivity contribution in [2.75, 3.05) is 19.6 Å². The summed E-state index contributed by atoms with van der Waals surface area (Å²) in [7, 11) is -3.43. The molecule has 1 aromatic heterocycles. The predicted molar refractivity (Wildman–Crippen MR) is 84.3 cm³/mol. The number of thiophene rings is 1. The summed E-state index contributed by atoms with van der Waals surface area (Å²) in [5, 5.41) is 0. The monoisotopic (exact) mass is 368 g/mol. The molecule has 0 fully saturated rings. The van der Waals surface area contributed by atoms with Gasteiger partial charge in [-0.1, -0.05) is 13.8 Å². The molecule has 1 N–H and O–H groups in total. The lowest BCUT2D eigenvalue weighted by Gasteiger charge is -2.23. The first-order valence-electron chi connectivity index (χ1n) is 6.30. The summed E-state index contributed by atoms with van der Waals surface area (Å²) in [6.45, 7) is 10.4. The Kier molecular flexibility index (Phi) is 6.46. The van der Waals surface area contributed by atoms with Gasteiger partial charge in [0.2, 0.25) is 10.0 Å². The first-order chi connectivity index (χ1) is 8.80. The van der Waals surface area contributed by atoms with Crippen LogP contribution in [0.2, 0.25) is 0 Å². The fourth-order valence-corrected chi connectivity index (χ4v) is 5.58. The Hall–Kier alpha value is 0.0500. The lowest BCUT2D eigenvalue weighted by molar-refractivity contribution is 0.282. The van der Waals surface area contributed by atoms with Crippen molar-refractivity contribution in [3.63, 3.8) is 0 Å². The number of hydrogen-bond donors (Lipinski definition) is 1. The van der Waals surface area contributed by atoms with E-state index in [-0.39, 0.29) is 6.04 Å². The van der Waals surface area contributed by atoms with Gasteiger partial charge in [-0.05, 0) is 48.9 Å². The molecule has 0 saturated carbocycles. The summed E-state index contributed by atoms with van der Waals surface area (Å²) < 4.78 is 28.2. The lowest BCUT2D eigenvalue weighted by Crippen LogP contribution is -2.41. The minimum Gasteiger partial charge on any atom is -0.302 e. The summed E-state index contributed by atoms with van der Waals surface area (Å²) in [5.41, 5.74) is 0. The van der Waals surface area contributed by atoms with E-state index in [4.69, 9.17) is 0 Å². The molecule has 19 heavy (non-hydrogen) atoms. The molecular weight excluding hydrogens is 348 g/mol. The third-order valence-corrected chi connectivity index (χ3v) is 6.31. The fraction of sp³-hybridized carbons (Fsp3) is 0.667. The number of nitrogens with zero attached hydrogens (tertiary/aromatic N) is 1. The van der Waals surface area contributed by atoms with Crippen LogP contribution in [0.3, 0.4) is 0 Å². The van der Waals surface area contributed by atoms with Crippen molar-refractivity contribution in [1.82, 2.24) is 9.62 Å². The van der Waals surface area contributed by atoms with Crippen LogP contribution in [0.1, 0.15) is 25.6 Å². The molecule has 0 bridgehead atoms. The van der Waals surface area contributed by atoms with Gasteiger partial charge in [0.15, 0.2) is 0 Å². The van der Waals surface area contributed by atoms with Crippen LogP contribution in [-0.2, 0) is 10.0 Å².